The van der Waals surface area contributed by atoms with Crippen LogP contribution in [0.15, 0.2) is 47.1 Å². The largest absolute Gasteiger partial charge is 0.256 e. The quantitative estimate of drug-likeness (QED) is 0.732. The molecule has 3 rings (SSSR count). The topological polar surface area (TPSA) is 85.9 Å². The first-order chi connectivity index (χ1) is 9.07. The number of sulfonamides is 1. The van der Waals surface area contributed by atoms with Crippen LogP contribution < -0.4 is 5.14 Å². The average molecular weight is 291 g/mol. The third-order valence-electron chi connectivity index (χ3n) is 2.69. The zero-order valence-corrected chi connectivity index (χ0v) is 11.3. The Morgan fingerprint density at radius 1 is 1.11 bits per heavy atom. The summed E-state index contributed by atoms with van der Waals surface area (Å²) < 4.78 is 23.2. The SMILES string of the molecule is NS(=O)(=O)c1ncnc2scc(-c3ccccc3)c12. The van der Waals surface area contributed by atoms with Gasteiger partial charge in [-0.05, 0) is 5.56 Å². The van der Waals surface area contributed by atoms with Crippen molar-refractivity contribution in [1.82, 2.24) is 9.97 Å². The summed E-state index contributed by atoms with van der Waals surface area (Å²) in [5.74, 6) is 0. The van der Waals surface area contributed by atoms with Crippen LogP contribution in [0.5, 0.6) is 0 Å². The van der Waals surface area contributed by atoms with Gasteiger partial charge in [0.25, 0.3) is 10.0 Å². The van der Waals surface area contributed by atoms with Crippen molar-refractivity contribution in [3.63, 3.8) is 0 Å². The number of thiophene rings is 1. The highest BCUT2D eigenvalue weighted by Crippen LogP contribution is 2.35. The number of nitrogens with zero attached hydrogens (tertiary/aromatic N) is 2. The zero-order chi connectivity index (χ0) is 13.5. The number of fused-ring (bicyclic) bond motifs is 1. The molecule has 0 aliphatic rings. The van der Waals surface area contributed by atoms with Crippen molar-refractivity contribution in [3.8, 4) is 11.1 Å². The zero-order valence-electron chi connectivity index (χ0n) is 9.65. The minimum absolute atomic E-state index is 0.127. The molecule has 0 fully saturated rings. The van der Waals surface area contributed by atoms with Gasteiger partial charge in [-0.25, -0.2) is 23.5 Å². The van der Waals surface area contributed by atoms with Crippen LogP contribution in [0.1, 0.15) is 0 Å². The molecule has 1 aromatic carbocycles. The summed E-state index contributed by atoms with van der Waals surface area (Å²) in [6.45, 7) is 0. The second-order valence-electron chi connectivity index (χ2n) is 3.92. The van der Waals surface area contributed by atoms with Crippen molar-refractivity contribution >= 4 is 31.6 Å². The first-order valence-corrected chi connectivity index (χ1v) is 7.80. The molecule has 2 N–H and O–H groups in total. The molecule has 0 aliphatic carbocycles. The van der Waals surface area contributed by atoms with E-state index in [1.807, 2.05) is 35.7 Å². The first-order valence-electron chi connectivity index (χ1n) is 5.38. The van der Waals surface area contributed by atoms with E-state index in [4.69, 9.17) is 5.14 Å². The average Bonchev–Trinajstić information content (AvgIpc) is 2.82. The molecule has 2 heterocycles. The van der Waals surface area contributed by atoms with E-state index in [2.05, 4.69) is 9.97 Å². The predicted molar refractivity (Wildman–Crippen MR) is 74.2 cm³/mol. The molecule has 0 radical (unpaired) electrons. The molecule has 5 nitrogen and oxygen atoms in total. The maximum absolute atomic E-state index is 11.6. The fraction of sp³-hybridized carbons (Fsp3) is 0. The lowest BCUT2D eigenvalue weighted by atomic mass is 10.1. The Hall–Kier alpha value is -1.83. The standard InChI is InChI=1S/C12H9N3O2S2/c13-19(16,17)12-10-9(8-4-2-1-3-5-8)6-18-11(10)14-7-15-12/h1-7H,(H2,13,16,17). The van der Waals surface area contributed by atoms with Crippen molar-refractivity contribution < 1.29 is 8.42 Å². The van der Waals surface area contributed by atoms with Crippen LogP contribution in [0, 0.1) is 0 Å². The van der Waals surface area contributed by atoms with E-state index in [9.17, 15) is 8.42 Å². The molecule has 0 aliphatic heterocycles. The molecule has 3 aromatic rings. The third kappa shape index (κ3) is 2.12. The number of primary sulfonamides is 1. The molecule has 7 heteroatoms. The Kier molecular flexibility index (Phi) is 2.81. The van der Waals surface area contributed by atoms with Gasteiger partial charge in [0.05, 0.1) is 5.39 Å². The summed E-state index contributed by atoms with van der Waals surface area (Å²) in [4.78, 5) is 8.52. The number of rotatable bonds is 2. The van der Waals surface area contributed by atoms with Crippen LogP contribution in [0.2, 0.25) is 0 Å². The van der Waals surface area contributed by atoms with Crippen molar-refractivity contribution in [1.29, 1.82) is 0 Å². The minimum atomic E-state index is -3.87. The molecule has 0 spiro atoms. The van der Waals surface area contributed by atoms with Crippen molar-refractivity contribution in [2.45, 2.75) is 5.03 Å². The van der Waals surface area contributed by atoms with Gasteiger partial charge in [-0.15, -0.1) is 11.3 Å². The summed E-state index contributed by atoms with van der Waals surface area (Å²) in [6, 6.07) is 9.48. The van der Waals surface area contributed by atoms with Crippen LogP contribution in [-0.2, 0) is 10.0 Å². The monoisotopic (exact) mass is 291 g/mol. The molecule has 0 unspecified atom stereocenters. The molecule has 0 bridgehead atoms. The Balaban J connectivity index is 2.40. The number of benzene rings is 1. The van der Waals surface area contributed by atoms with E-state index < -0.39 is 10.0 Å². The molecule has 2 aromatic heterocycles. The summed E-state index contributed by atoms with van der Waals surface area (Å²) >= 11 is 1.37. The van der Waals surface area contributed by atoms with Crippen molar-refractivity contribution in [3.05, 3.63) is 42.0 Å². The Morgan fingerprint density at radius 3 is 2.53 bits per heavy atom. The van der Waals surface area contributed by atoms with Crippen LogP contribution in [0.25, 0.3) is 21.3 Å². The van der Waals surface area contributed by atoms with Gasteiger partial charge < -0.3 is 0 Å². The molecule has 0 atom stereocenters. The van der Waals surface area contributed by atoms with Crippen LogP contribution in [0.4, 0.5) is 0 Å². The van der Waals surface area contributed by atoms with Gasteiger partial charge in [-0.2, -0.15) is 0 Å². The summed E-state index contributed by atoms with van der Waals surface area (Å²) in [5, 5.41) is 7.44. The van der Waals surface area contributed by atoms with Gasteiger partial charge in [0.1, 0.15) is 11.2 Å². The maximum Gasteiger partial charge on any atom is 0.256 e. The Labute approximate surface area is 113 Å². The number of hydrogen-bond acceptors (Lipinski definition) is 5. The van der Waals surface area contributed by atoms with Gasteiger partial charge in [0.15, 0.2) is 5.03 Å². The van der Waals surface area contributed by atoms with Crippen molar-refractivity contribution in [2.24, 2.45) is 5.14 Å². The van der Waals surface area contributed by atoms with Gasteiger partial charge in [0.2, 0.25) is 0 Å². The highest BCUT2D eigenvalue weighted by Gasteiger charge is 2.19. The number of hydrogen-bond donors (Lipinski definition) is 1. The van der Waals surface area contributed by atoms with Crippen LogP contribution in [0.3, 0.4) is 0 Å². The van der Waals surface area contributed by atoms with E-state index in [1.54, 1.807) is 0 Å². The van der Waals surface area contributed by atoms with E-state index in [0.29, 0.717) is 10.2 Å². The molecule has 96 valence electrons. The maximum atomic E-state index is 11.6. The van der Waals surface area contributed by atoms with Gasteiger partial charge in [0, 0.05) is 10.9 Å². The van der Waals surface area contributed by atoms with E-state index in [1.165, 1.54) is 17.7 Å². The second kappa shape index (κ2) is 4.37. The number of nitrogens with two attached hydrogens (primary N) is 1. The lowest BCUT2D eigenvalue weighted by Crippen LogP contribution is -2.14. The van der Waals surface area contributed by atoms with E-state index >= 15 is 0 Å². The Bertz CT molecular complexity index is 842. The normalized spacial score (nSPS) is 11.8. The van der Waals surface area contributed by atoms with Crippen molar-refractivity contribution in [2.75, 3.05) is 0 Å². The molecule has 0 saturated heterocycles. The van der Waals surface area contributed by atoms with E-state index in [0.717, 1.165) is 11.1 Å². The molecule has 0 saturated carbocycles. The van der Waals surface area contributed by atoms with Gasteiger partial charge in [-0.3, -0.25) is 0 Å². The van der Waals surface area contributed by atoms with Gasteiger partial charge in [-0.1, -0.05) is 30.3 Å². The minimum Gasteiger partial charge on any atom is -0.225 e. The second-order valence-corrected chi connectivity index (χ2v) is 6.25. The number of aromatic nitrogens is 2. The first kappa shape index (κ1) is 12.2. The predicted octanol–water partition coefficient (Wildman–Crippen LogP) is 2.01. The van der Waals surface area contributed by atoms with Crippen LogP contribution >= 0.6 is 11.3 Å². The lowest BCUT2D eigenvalue weighted by molar-refractivity contribution is 0.595. The molecule has 19 heavy (non-hydrogen) atoms. The lowest BCUT2D eigenvalue weighted by Gasteiger charge is -2.03. The van der Waals surface area contributed by atoms with Gasteiger partial charge >= 0.3 is 0 Å². The fourth-order valence-electron chi connectivity index (χ4n) is 1.89. The summed E-state index contributed by atoms with van der Waals surface area (Å²) in [6.07, 6.45) is 1.22. The Morgan fingerprint density at radius 2 is 1.84 bits per heavy atom. The molecular formula is C12H9N3O2S2. The highest BCUT2D eigenvalue weighted by atomic mass is 32.2. The molecule has 0 amide bonds. The third-order valence-corrected chi connectivity index (χ3v) is 4.42. The van der Waals surface area contributed by atoms with E-state index in [-0.39, 0.29) is 5.03 Å². The summed E-state index contributed by atoms with van der Waals surface area (Å²) in [5.41, 5.74) is 1.69. The smallest absolute Gasteiger partial charge is 0.225 e. The van der Waals surface area contributed by atoms with Crippen LogP contribution in [-0.4, -0.2) is 18.4 Å². The molecular weight excluding hydrogens is 282 g/mol. The fourth-order valence-corrected chi connectivity index (χ4v) is 3.56. The summed E-state index contributed by atoms with van der Waals surface area (Å²) in [7, 11) is -3.87. The highest BCUT2D eigenvalue weighted by molar-refractivity contribution is 7.89.